The normalized spacial score (nSPS) is 21.2. The third-order valence-electron chi connectivity index (χ3n) is 1.19. The summed E-state index contributed by atoms with van der Waals surface area (Å²) in [5.41, 5.74) is -0.279. The number of nitrogens with one attached hydrogen (secondary N) is 1. The van der Waals surface area contributed by atoms with Crippen molar-refractivity contribution in [3.8, 4) is 0 Å². The van der Waals surface area contributed by atoms with Crippen molar-refractivity contribution in [1.29, 1.82) is 0 Å². The van der Waals surface area contributed by atoms with E-state index in [2.05, 4.69) is 10.5 Å². The van der Waals surface area contributed by atoms with E-state index in [4.69, 9.17) is 4.84 Å². The smallest absolute Gasteiger partial charge is 0.315 e. The minimum Gasteiger partial charge on any atom is -0.388 e. The molecule has 4 nitrogen and oxygen atoms in total. The van der Waals surface area contributed by atoms with E-state index >= 15 is 0 Å². The first kappa shape index (κ1) is 7.05. The molecule has 0 aromatic rings. The van der Waals surface area contributed by atoms with Crippen molar-refractivity contribution in [1.82, 2.24) is 5.32 Å². The van der Waals surface area contributed by atoms with Crippen LogP contribution in [0.5, 0.6) is 0 Å². The van der Waals surface area contributed by atoms with Crippen LogP contribution in [-0.4, -0.2) is 17.8 Å². The van der Waals surface area contributed by atoms with E-state index in [1.54, 1.807) is 0 Å². The number of rotatable bonds is 1. The van der Waals surface area contributed by atoms with Crippen LogP contribution in [-0.2, 0) is 9.63 Å². The molecule has 0 bridgehead atoms. The Labute approximate surface area is 59.2 Å². The zero-order valence-corrected chi connectivity index (χ0v) is 5.97. The fourth-order valence-electron chi connectivity index (χ4n) is 0.772. The topological polar surface area (TPSA) is 50.7 Å². The SMILES string of the molecule is CC1(C)CC(N[C]=O)=NO1. The van der Waals surface area contributed by atoms with Crippen molar-refractivity contribution < 1.29 is 9.63 Å². The largest absolute Gasteiger partial charge is 0.388 e. The predicted molar refractivity (Wildman–Crippen MR) is 36.0 cm³/mol. The van der Waals surface area contributed by atoms with Crippen molar-refractivity contribution in [2.75, 3.05) is 0 Å². The summed E-state index contributed by atoms with van der Waals surface area (Å²) >= 11 is 0. The first-order valence-corrected chi connectivity index (χ1v) is 3.02. The van der Waals surface area contributed by atoms with Crippen LogP contribution >= 0.6 is 0 Å². The standard InChI is InChI=1S/C6H9N2O2/c1-6(2)3-5(7-4-9)8-10-6/h3H2,1-2H3,(H,7,8,9). The number of nitrogens with zero attached hydrogens (tertiary/aromatic N) is 1. The second-order valence-corrected chi connectivity index (χ2v) is 2.79. The average molecular weight is 141 g/mol. The molecule has 0 unspecified atom stereocenters. The molecule has 1 rings (SSSR count). The van der Waals surface area contributed by atoms with Crippen LogP contribution < -0.4 is 5.32 Å². The maximum Gasteiger partial charge on any atom is 0.315 e. The number of hydrogen-bond acceptors (Lipinski definition) is 3. The first-order valence-electron chi connectivity index (χ1n) is 3.02. The monoisotopic (exact) mass is 141 g/mol. The minimum atomic E-state index is -0.279. The third-order valence-corrected chi connectivity index (χ3v) is 1.19. The molecule has 1 aliphatic rings. The second kappa shape index (κ2) is 2.28. The molecule has 1 radical (unpaired) electrons. The van der Waals surface area contributed by atoms with Gasteiger partial charge in [-0.15, -0.1) is 0 Å². The van der Waals surface area contributed by atoms with Gasteiger partial charge >= 0.3 is 6.41 Å². The van der Waals surface area contributed by atoms with Gasteiger partial charge in [-0.1, -0.05) is 5.16 Å². The van der Waals surface area contributed by atoms with Crippen LogP contribution in [0.25, 0.3) is 0 Å². The maximum atomic E-state index is 9.80. The molecule has 0 aromatic carbocycles. The minimum absolute atomic E-state index is 0.279. The molecule has 0 saturated heterocycles. The molecule has 0 saturated carbocycles. The fourth-order valence-corrected chi connectivity index (χ4v) is 0.772. The van der Waals surface area contributed by atoms with Gasteiger partial charge in [-0.3, -0.25) is 4.79 Å². The molecule has 0 spiro atoms. The Morgan fingerprint density at radius 3 is 2.90 bits per heavy atom. The quantitative estimate of drug-likeness (QED) is 0.528. The summed E-state index contributed by atoms with van der Waals surface area (Å²) in [6, 6.07) is 0. The molecule has 10 heavy (non-hydrogen) atoms. The van der Waals surface area contributed by atoms with E-state index in [-0.39, 0.29) is 5.60 Å². The lowest BCUT2D eigenvalue weighted by molar-refractivity contribution is 0.0123. The van der Waals surface area contributed by atoms with Crippen molar-refractivity contribution in [2.24, 2.45) is 5.16 Å². The molecule has 0 aromatic heterocycles. The van der Waals surface area contributed by atoms with Gasteiger partial charge in [-0.05, 0) is 13.8 Å². The summed E-state index contributed by atoms with van der Waals surface area (Å²) in [6.45, 7) is 3.80. The molecule has 1 N–H and O–H groups in total. The van der Waals surface area contributed by atoms with Crippen molar-refractivity contribution in [3.63, 3.8) is 0 Å². The molecule has 1 amide bonds. The van der Waals surface area contributed by atoms with Crippen LogP contribution in [0.1, 0.15) is 20.3 Å². The van der Waals surface area contributed by atoms with Crippen LogP contribution in [0.15, 0.2) is 5.16 Å². The number of hydrogen-bond donors (Lipinski definition) is 1. The van der Waals surface area contributed by atoms with E-state index in [0.717, 1.165) is 0 Å². The summed E-state index contributed by atoms with van der Waals surface area (Å²) < 4.78 is 0. The summed E-state index contributed by atoms with van der Waals surface area (Å²) in [5.74, 6) is 0.542. The van der Waals surface area contributed by atoms with E-state index in [0.29, 0.717) is 12.3 Å². The highest BCUT2D eigenvalue weighted by molar-refractivity contribution is 5.91. The number of amides is 1. The van der Waals surface area contributed by atoms with Gasteiger partial charge in [0.15, 0.2) is 5.84 Å². The summed E-state index contributed by atoms with van der Waals surface area (Å²) in [6.07, 6.45) is 2.16. The van der Waals surface area contributed by atoms with Crippen LogP contribution in [0, 0.1) is 0 Å². The number of amidine groups is 1. The Hall–Kier alpha value is -1.06. The van der Waals surface area contributed by atoms with Crippen LogP contribution in [0.2, 0.25) is 0 Å². The fraction of sp³-hybridized carbons (Fsp3) is 0.667. The zero-order chi connectivity index (χ0) is 7.61. The van der Waals surface area contributed by atoms with Gasteiger partial charge < -0.3 is 10.2 Å². The van der Waals surface area contributed by atoms with Crippen molar-refractivity contribution in [3.05, 3.63) is 0 Å². The van der Waals surface area contributed by atoms with E-state index < -0.39 is 0 Å². The van der Waals surface area contributed by atoms with Crippen molar-refractivity contribution >= 4 is 12.2 Å². The molecule has 4 heteroatoms. The summed E-state index contributed by atoms with van der Waals surface area (Å²) in [4.78, 5) is 14.8. The second-order valence-electron chi connectivity index (χ2n) is 2.79. The Morgan fingerprint density at radius 1 is 1.80 bits per heavy atom. The lowest BCUT2D eigenvalue weighted by Gasteiger charge is -2.12. The molecule has 1 heterocycles. The molecule has 0 atom stereocenters. The molecule has 0 fully saturated rings. The van der Waals surface area contributed by atoms with Gasteiger partial charge in [0.2, 0.25) is 0 Å². The summed E-state index contributed by atoms with van der Waals surface area (Å²) in [5, 5.41) is 5.94. The van der Waals surface area contributed by atoms with Gasteiger partial charge in [0.1, 0.15) is 5.60 Å². The lowest BCUT2D eigenvalue weighted by Crippen LogP contribution is -2.25. The summed E-state index contributed by atoms with van der Waals surface area (Å²) in [7, 11) is 0. The van der Waals surface area contributed by atoms with Gasteiger partial charge in [0, 0.05) is 0 Å². The molecular weight excluding hydrogens is 132 g/mol. The third kappa shape index (κ3) is 1.46. The lowest BCUT2D eigenvalue weighted by atomic mass is 10.1. The Balaban J connectivity index is 2.46. The van der Waals surface area contributed by atoms with E-state index in [9.17, 15) is 4.79 Å². The highest BCUT2D eigenvalue weighted by Crippen LogP contribution is 2.20. The van der Waals surface area contributed by atoms with Crippen LogP contribution in [0.3, 0.4) is 0 Å². The molecule has 1 aliphatic heterocycles. The van der Waals surface area contributed by atoms with Gasteiger partial charge in [-0.25, -0.2) is 0 Å². The Bertz CT molecular complexity index is 175. The van der Waals surface area contributed by atoms with Gasteiger partial charge in [0.05, 0.1) is 6.42 Å². The first-order chi connectivity index (χ1) is 4.64. The van der Waals surface area contributed by atoms with Crippen molar-refractivity contribution in [2.45, 2.75) is 25.9 Å². The maximum absolute atomic E-state index is 9.80. The van der Waals surface area contributed by atoms with Crippen LogP contribution in [0.4, 0.5) is 0 Å². The zero-order valence-electron chi connectivity index (χ0n) is 5.97. The number of oxime groups is 1. The highest BCUT2D eigenvalue weighted by atomic mass is 16.7. The van der Waals surface area contributed by atoms with E-state index in [1.807, 2.05) is 13.8 Å². The molecular formula is C6H9N2O2. The van der Waals surface area contributed by atoms with Gasteiger partial charge in [0.25, 0.3) is 0 Å². The molecule has 55 valence electrons. The van der Waals surface area contributed by atoms with E-state index in [1.165, 1.54) is 6.41 Å². The van der Waals surface area contributed by atoms with Gasteiger partial charge in [-0.2, -0.15) is 0 Å². The average Bonchev–Trinajstić information content (AvgIpc) is 2.12. The number of carbonyl (C=O) groups excluding carboxylic acids is 1. The Kier molecular flexibility index (Phi) is 1.61. The predicted octanol–water partition coefficient (Wildman–Crippen LogP) is 0.156. The highest BCUT2D eigenvalue weighted by Gasteiger charge is 2.28. The molecule has 0 aliphatic carbocycles. The Morgan fingerprint density at radius 2 is 2.50 bits per heavy atom.